The average Bonchev–Trinajstić information content (AvgIpc) is 2.97. The van der Waals surface area contributed by atoms with Crippen molar-refractivity contribution in [1.82, 2.24) is 0 Å². The molecule has 0 amide bonds. The highest BCUT2D eigenvalue weighted by atomic mass is 16.6. The van der Waals surface area contributed by atoms with Crippen molar-refractivity contribution in [2.75, 3.05) is 6.61 Å². The smallest absolute Gasteiger partial charge is 0.0838 e. The Hall–Kier alpha value is -0.0400. The third-order valence-corrected chi connectivity index (χ3v) is 5.37. The van der Waals surface area contributed by atoms with Crippen LogP contribution >= 0.6 is 0 Å². The molecular weight excluding hydrogens is 196 g/mol. The number of fused-ring (bicyclic) bond motifs is 2. The molecule has 2 bridgehead atoms. The zero-order chi connectivity index (χ0) is 11.0. The second-order valence-corrected chi connectivity index (χ2v) is 6.57. The molecular formula is C15H26O. The summed E-state index contributed by atoms with van der Waals surface area (Å²) >= 11 is 0. The Morgan fingerprint density at radius 2 is 1.56 bits per heavy atom. The van der Waals surface area contributed by atoms with E-state index in [1.807, 2.05) is 0 Å². The van der Waals surface area contributed by atoms with E-state index in [4.69, 9.17) is 4.74 Å². The number of hydrogen-bond acceptors (Lipinski definition) is 1. The van der Waals surface area contributed by atoms with E-state index in [9.17, 15) is 0 Å². The fraction of sp³-hybridized carbons (Fsp3) is 1.00. The molecule has 4 atom stereocenters. The predicted octanol–water partition coefficient (Wildman–Crippen LogP) is 4.02. The van der Waals surface area contributed by atoms with Crippen LogP contribution in [0.1, 0.15) is 58.3 Å². The predicted molar refractivity (Wildman–Crippen MR) is 66.3 cm³/mol. The van der Waals surface area contributed by atoms with E-state index in [2.05, 4.69) is 6.92 Å². The van der Waals surface area contributed by atoms with Crippen LogP contribution in [-0.2, 0) is 4.74 Å². The van der Waals surface area contributed by atoms with Gasteiger partial charge >= 0.3 is 0 Å². The van der Waals surface area contributed by atoms with Gasteiger partial charge in [-0.3, -0.25) is 0 Å². The molecule has 0 aromatic heterocycles. The van der Waals surface area contributed by atoms with Crippen molar-refractivity contribution in [1.29, 1.82) is 0 Å². The highest BCUT2D eigenvalue weighted by Gasteiger charge is 2.36. The zero-order valence-corrected chi connectivity index (χ0v) is 10.7. The van der Waals surface area contributed by atoms with Gasteiger partial charge in [0.1, 0.15) is 0 Å². The van der Waals surface area contributed by atoms with Gasteiger partial charge < -0.3 is 4.74 Å². The van der Waals surface area contributed by atoms with Gasteiger partial charge in [0.15, 0.2) is 0 Å². The van der Waals surface area contributed by atoms with Crippen molar-refractivity contribution in [3.8, 4) is 0 Å². The maximum Gasteiger partial charge on any atom is 0.0838 e. The molecule has 4 aliphatic rings. The molecule has 4 unspecified atom stereocenters. The second-order valence-electron chi connectivity index (χ2n) is 6.57. The summed E-state index contributed by atoms with van der Waals surface area (Å²) in [5.41, 5.74) is 0. The summed E-state index contributed by atoms with van der Waals surface area (Å²) in [5, 5.41) is 0. The number of ether oxygens (including phenoxy) is 1. The molecule has 1 nitrogen and oxygen atoms in total. The summed E-state index contributed by atoms with van der Waals surface area (Å²) in [4.78, 5) is 0. The van der Waals surface area contributed by atoms with Crippen molar-refractivity contribution in [3.63, 3.8) is 0 Å². The minimum absolute atomic E-state index is 0.703. The number of epoxide rings is 1. The lowest BCUT2D eigenvalue weighted by Gasteiger charge is -2.22. The molecule has 1 saturated heterocycles. The van der Waals surface area contributed by atoms with Crippen LogP contribution in [0, 0.1) is 23.7 Å². The first-order chi connectivity index (χ1) is 7.83. The number of hydrogen-bond donors (Lipinski definition) is 0. The Morgan fingerprint density at radius 3 is 2.00 bits per heavy atom. The Morgan fingerprint density at radius 1 is 0.875 bits per heavy atom. The van der Waals surface area contributed by atoms with Gasteiger partial charge in [0, 0.05) is 0 Å². The topological polar surface area (TPSA) is 12.5 Å². The quantitative estimate of drug-likeness (QED) is 0.610. The van der Waals surface area contributed by atoms with Gasteiger partial charge in [-0.15, -0.1) is 0 Å². The standard InChI is InChI=1S/C9H16.C6H10O/c1-7-5-8-3-2-4-9(7)6-8;1-2-5(3-1)6-4-7-6/h7-9H,2-6H2,1H3;5-6H,1-4H2. The molecule has 3 aliphatic carbocycles. The highest BCUT2D eigenvalue weighted by molar-refractivity contribution is 4.85. The Balaban J connectivity index is 0.000000104. The lowest BCUT2D eigenvalue weighted by atomic mass is 9.83. The highest BCUT2D eigenvalue weighted by Crippen LogP contribution is 2.45. The second kappa shape index (κ2) is 4.68. The van der Waals surface area contributed by atoms with E-state index in [0.29, 0.717) is 6.10 Å². The normalized spacial score (nSPS) is 45.6. The zero-order valence-electron chi connectivity index (χ0n) is 10.7. The summed E-state index contributed by atoms with van der Waals surface area (Å²) in [6.07, 6.45) is 12.7. The van der Waals surface area contributed by atoms with Crippen molar-refractivity contribution in [2.24, 2.45) is 23.7 Å². The summed E-state index contributed by atoms with van der Waals surface area (Å²) in [6.45, 7) is 3.50. The van der Waals surface area contributed by atoms with Crippen molar-refractivity contribution >= 4 is 0 Å². The monoisotopic (exact) mass is 222 g/mol. The minimum atomic E-state index is 0.703. The molecule has 0 radical (unpaired) electrons. The first-order valence-corrected chi connectivity index (χ1v) is 7.44. The van der Waals surface area contributed by atoms with E-state index in [1.165, 1.54) is 32.1 Å². The average molecular weight is 222 g/mol. The third kappa shape index (κ3) is 2.45. The molecule has 1 heterocycles. The van der Waals surface area contributed by atoms with Crippen molar-refractivity contribution in [3.05, 3.63) is 0 Å². The van der Waals surface area contributed by atoms with Gasteiger partial charge in [-0.05, 0) is 49.4 Å². The molecule has 0 aromatic carbocycles. The van der Waals surface area contributed by atoms with E-state index >= 15 is 0 Å². The maximum atomic E-state index is 5.11. The van der Waals surface area contributed by atoms with E-state index in [1.54, 1.807) is 19.3 Å². The lowest BCUT2D eigenvalue weighted by Crippen LogP contribution is -2.16. The van der Waals surface area contributed by atoms with Crippen LogP contribution in [0.15, 0.2) is 0 Å². The van der Waals surface area contributed by atoms with E-state index in [0.717, 1.165) is 30.3 Å². The van der Waals surface area contributed by atoms with Gasteiger partial charge in [-0.25, -0.2) is 0 Å². The molecule has 92 valence electrons. The summed E-state index contributed by atoms with van der Waals surface area (Å²) < 4.78 is 5.11. The molecule has 0 spiro atoms. The first kappa shape index (κ1) is 11.1. The van der Waals surface area contributed by atoms with Crippen molar-refractivity contribution in [2.45, 2.75) is 64.4 Å². The van der Waals surface area contributed by atoms with Crippen molar-refractivity contribution < 1.29 is 4.74 Å². The van der Waals surface area contributed by atoms with Gasteiger partial charge in [0.05, 0.1) is 12.7 Å². The van der Waals surface area contributed by atoms with Crippen LogP contribution < -0.4 is 0 Å². The van der Waals surface area contributed by atoms with Gasteiger partial charge in [0.2, 0.25) is 0 Å². The Labute approximate surface area is 99.9 Å². The minimum Gasteiger partial charge on any atom is -0.373 e. The Bertz CT molecular complexity index is 228. The molecule has 0 aromatic rings. The largest absolute Gasteiger partial charge is 0.373 e. The van der Waals surface area contributed by atoms with Crippen LogP contribution in [0.4, 0.5) is 0 Å². The summed E-state index contributed by atoms with van der Waals surface area (Å²) in [7, 11) is 0. The SMILES string of the molecule is C1CC(C2CO2)C1.CC1CC2CCCC1C2. The lowest BCUT2D eigenvalue weighted by molar-refractivity contribution is 0.232. The first-order valence-electron chi connectivity index (χ1n) is 7.44. The molecule has 4 fully saturated rings. The summed E-state index contributed by atoms with van der Waals surface area (Å²) in [5.74, 6) is 4.31. The fourth-order valence-electron chi connectivity index (χ4n) is 3.92. The van der Waals surface area contributed by atoms with E-state index < -0.39 is 0 Å². The number of rotatable bonds is 1. The summed E-state index contributed by atoms with van der Waals surface area (Å²) in [6, 6.07) is 0. The van der Waals surface area contributed by atoms with Crippen LogP contribution in [0.2, 0.25) is 0 Å². The maximum absolute atomic E-state index is 5.11. The molecule has 4 rings (SSSR count). The third-order valence-electron chi connectivity index (χ3n) is 5.37. The van der Waals surface area contributed by atoms with Crippen LogP contribution in [0.25, 0.3) is 0 Å². The van der Waals surface area contributed by atoms with Gasteiger partial charge in [-0.2, -0.15) is 0 Å². The van der Waals surface area contributed by atoms with Crippen LogP contribution in [0.3, 0.4) is 0 Å². The molecule has 1 aliphatic heterocycles. The molecule has 16 heavy (non-hydrogen) atoms. The van der Waals surface area contributed by atoms with Gasteiger partial charge in [0.25, 0.3) is 0 Å². The molecule has 3 saturated carbocycles. The van der Waals surface area contributed by atoms with Crippen LogP contribution in [0.5, 0.6) is 0 Å². The van der Waals surface area contributed by atoms with Crippen LogP contribution in [-0.4, -0.2) is 12.7 Å². The molecule has 1 heteroatoms. The van der Waals surface area contributed by atoms with Gasteiger partial charge in [-0.1, -0.05) is 32.6 Å². The fourth-order valence-corrected chi connectivity index (χ4v) is 3.92. The Kier molecular flexibility index (Phi) is 3.24. The molecule has 0 N–H and O–H groups in total. The van der Waals surface area contributed by atoms with E-state index in [-0.39, 0.29) is 0 Å².